The largest absolute Gasteiger partial charge is 0.345 e. The second-order valence-electron chi connectivity index (χ2n) is 5.56. The molecule has 0 saturated heterocycles. The van der Waals surface area contributed by atoms with E-state index in [9.17, 15) is 9.59 Å². The molecule has 0 fully saturated rings. The van der Waals surface area contributed by atoms with Crippen molar-refractivity contribution in [3.63, 3.8) is 0 Å². The molecule has 0 aromatic carbocycles. The lowest BCUT2D eigenvalue weighted by molar-refractivity contribution is 0.0947. The van der Waals surface area contributed by atoms with E-state index in [1.54, 1.807) is 12.1 Å². The number of hydrogen-bond donors (Lipinski definition) is 1. The Bertz CT molecular complexity index is 717. The number of amides is 1. The van der Waals surface area contributed by atoms with Gasteiger partial charge in [-0.3, -0.25) is 9.59 Å². The molecule has 0 saturated carbocycles. The number of fused-ring (bicyclic) bond motifs is 2. The molecule has 1 amide bonds. The van der Waals surface area contributed by atoms with Crippen molar-refractivity contribution in [2.45, 2.75) is 26.3 Å². The first kappa shape index (κ1) is 12.9. The maximum absolute atomic E-state index is 12.2. The van der Waals surface area contributed by atoms with Gasteiger partial charge in [0.2, 0.25) is 0 Å². The summed E-state index contributed by atoms with van der Waals surface area (Å²) in [6.45, 7) is 4.25. The summed E-state index contributed by atoms with van der Waals surface area (Å²) in [4.78, 5) is 23.7. The number of carbonyl (C=O) groups is 1. The molecule has 0 bridgehead atoms. The average Bonchev–Trinajstić information content (AvgIpc) is 2.77. The lowest BCUT2D eigenvalue weighted by atomic mass is 9.94. The molecule has 2 heterocycles. The summed E-state index contributed by atoms with van der Waals surface area (Å²) in [5, 5.41) is 3.06. The maximum Gasteiger partial charge on any atom is 0.253 e. The maximum atomic E-state index is 12.2. The summed E-state index contributed by atoms with van der Waals surface area (Å²) >= 11 is 0. The Balaban J connectivity index is 2.30. The summed E-state index contributed by atoms with van der Waals surface area (Å²) in [7, 11) is 1.93. The third kappa shape index (κ3) is 1.75. The SMILES string of the molecule is CCC(C)C1NC(=O)c2cc3ccc(=O)cc-3n(C)c21. The minimum Gasteiger partial charge on any atom is -0.345 e. The standard InChI is InChI=1S/C16H18N2O2/c1-4-9(2)14-15-12(16(20)17-14)7-10-5-6-11(19)8-13(10)18(15)3/h5-9,14H,4H2,1-3H3,(H,17,20). The molecule has 20 heavy (non-hydrogen) atoms. The normalized spacial score (nSPS) is 18.9. The number of nitrogens with one attached hydrogen (secondary N) is 1. The van der Waals surface area contributed by atoms with Gasteiger partial charge in [-0.05, 0) is 29.7 Å². The van der Waals surface area contributed by atoms with Gasteiger partial charge in [-0.25, -0.2) is 0 Å². The quantitative estimate of drug-likeness (QED) is 0.910. The van der Waals surface area contributed by atoms with Crippen LogP contribution in [0.1, 0.15) is 42.4 Å². The highest BCUT2D eigenvalue weighted by atomic mass is 16.2. The van der Waals surface area contributed by atoms with Crippen LogP contribution in [-0.4, -0.2) is 10.5 Å². The van der Waals surface area contributed by atoms with Crippen LogP contribution in [0.5, 0.6) is 0 Å². The number of rotatable bonds is 2. The highest BCUT2D eigenvalue weighted by Gasteiger charge is 2.34. The van der Waals surface area contributed by atoms with Gasteiger partial charge in [0.25, 0.3) is 5.91 Å². The molecule has 0 aromatic heterocycles. The van der Waals surface area contributed by atoms with Gasteiger partial charge in [-0.15, -0.1) is 0 Å². The zero-order valence-corrected chi connectivity index (χ0v) is 11.9. The molecule has 0 radical (unpaired) electrons. The Morgan fingerprint density at radius 3 is 2.75 bits per heavy atom. The summed E-state index contributed by atoms with van der Waals surface area (Å²) in [5.41, 5.74) is 3.50. The minimum absolute atomic E-state index is 0.00887. The lowest BCUT2D eigenvalue weighted by Gasteiger charge is -2.23. The first-order chi connectivity index (χ1) is 9.52. The van der Waals surface area contributed by atoms with Gasteiger partial charge in [-0.2, -0.15) is 0 Å². The van der Waals surface area contributed by atoms with E-state index >= 15 is 0 Å². The predicted octanol–water partition coefficient (Wildman–Crippen LogP) is 2.32. The highest BCUT2D eigenvalue weighted by molar-refractivity contribution is 6.00. The zero-order valence-electron chi connectivity index (χ0n) is 11.9. The van der Waals surface area contributed by atoms with Crippen LogP contribution in [0, 0.1) is 5.92 Å². The van der Waals surface area contributed by atoms with E-state index < -0.39 is 0 Å². The molecule has 4 heteroatoms. The Morgan fingerprint density at radius 1 is 1.30 bits per heavy atom. The lowest BCUT2D eigenvalue weighted by Crippen LogP contribution is -2.25. The van der Waals surface area contributed by atoms with Gasteiger partial charge in [-0.1, -0.05) is 20.3 Å². The van der Waals surface area contributed by atoms with Crippen LogP contribution in [0.3, 0.4) is 0 Å². The molecule has 2 aliphatic heterocycles. The van der Waals surface area contributed by atoms with Crippen LogP contribution in [0.2, 0.25) is 0 Å². The van der Waals surface area contributed by atoms with Gasteiger partial charge in [0.15, 0.2) is 5.43 Å². The van der Waals surface area contributed by atoms with Crippen LogP contribution in [-0.2, 0) is 7.05 Å². The van der Waals surface area contributed by atoms with E-state index in [0.717, 1.165) is 28.9 Å². The first-order valence-electron chi connectivity index (χ1n) is 6.97. The van der Waals surface area contributed by atoms with Crippen LogP contribution in [0.25, 0.3) is 11.3 Å². The molecular weight excluding hydrogens is 252 g/mol. The zero-order chi connectivity index (χ0) is 14.4. The Labute approximate surface area is 117 Å². The Morgan fingerprint density at radius 2 is 2.05 bits per heavy atom. The molecule has 3 aliphatic rings. The van der Waals surface area contributed by atoms with Gasteiger partial charge in [0, 0.05) is 13.1 Å². The van der Waals surface area contributed by atoms with E-state index in [1.807, 2.05) is 17.7 Å². The topological polar surface area (TPSA) is 51.1 Å². The van der Waals surface area contributed by atoms with Crippen LogP contribution < -0.4 is 10.7 Å². The Kier molecular flexibility index (Phi) is 2.89. The number of nitrogens with zero attached hydrogens (tertiary/aromatic N) is 1. The number of hydrogen-bond acceptors (Lipinski definition) is 2. The molecule has 3 rings (SSSR count). The van der Waals surface area contributed by atoms with Crippen LogP contribution in [0.4, 0.5) is 0 Å². The summed E-state index contributed by atoms with van der Waals surface area (Å²) in [5.74, 6) is 0.341. The van der Waals surface area contributed by atoms with Crippen molar-refractivity contribution in [3.05, 3.63) is 45.7 Å². The van der Waals surface area contributed by atoms with E-state index in [1.165, 1.54) is 6.07 Å². The first-order valence-corrected chi connectivity index (χ1v) is 6.97. The second-order valence-corrected chi connectivity index (χ2v) is 5.56. The van der Waals surface area contributed by atoms with E-state index in [4.69, 9.17) is 0 Å². The summed E-state index contributed by atoms with van der Waals surface area (Å²) in [6.07, 6.45) is 0.990. The van der Waals surface area contributed by atoms with Crippen molar-refractivity contribution < 1.29 is 4.79 Å². The summed E-state index contributed by atoms with van der Waals surface area (Å²) in [6, 6.07) is 6.86. The van der Waals surface area contributed by atoms with Crippen molar-refractivity contribution >= 4 is 5.91 Å². The summed E-state index contributed by atoms with van der Waals surface area (Å²) < 4.78 is 1.99. The fourth-order valence-corrected chi connectivity index (χ4v) is 2.97. The second kappa shape index (κ2) is 4.47. The number of carbonyl (C=O) groups excluding carboxylic acids is 1. The fraction of sp³-hybridized carbons (Fsp3) is 0.375. The molecule has 1 aliphatic carbocycles. The predicted molar refractivity (Wildman–Crippen MR) is 78.0 cm³/mol. The van der Waals surface area contributed by atoms with E-state index in [-0.39, 0.29) is 17.4 Å². The number of benzene rings is 1. The van der Waals surface area contributed by atoms with Crippen molar-refractivity contribution in [2.24, 2.45) is 13.0 Å². The van der Waals surface area contributed by atoms with Gasteiger partial charge < -0.3 is 9.88 Å². The molecule has 0 spiro atoms. The molecule has 0 aromatic rings. The minimum atomic E-state index is -0.0194. The van der Waals surface area contributed by atoms with Gasteiger partial charge >= 0.3 is 0 Å². The fourth-order valence-electron chi connectivity index (χ4n) is 2.97. The molecule has 104 valence electrons. The third-order valence-electron chi connectivity index (χ3n) is 4.34. The molecule has 2 atom stereocenters. The third-order valence-corrected chi connectivity index (χ3v) is 4.34. The smallest absolute Gasteiger partial charge is 0.253 e. The Hall–Kier alpha value is -2.10. The highest BCUT2D eigenvalue weighted by Crippen LogP contribution is 2.36. The number of pyridine rings is 1. The van der Waals surface area contributed by atoms with Gasteiger partial charge in [0.05, 0.1) is 23.0 Å². The molecule has 2 unspecified atom stereocenters. The van der Waals surface area contributed by atoms with Crippen molar-refractivity contribution in [1.82, 2.24) is 9.88 Å². The number of aromatic nitrogens is 1. The molecule has 1 N–H and O–H groups in total. The van der Waals surface area contributed by atoms with Crippen LogP contribution >= 0.6 is 0 Å². The molecular formula is C16H18N2O2. The van der Waals surface area contributed by atoms with Crippen molar-refractivity contribution in [2.75, 3.05) is 0 Å². The monoisotopic (exact) mass is 270 g/mol. The van der Waals surface area contributed by atoms with Gasteiger partial charge in [0.1, 0.15) is 0 Å². The molecule has 4 nitrogen and oxygen atoms in total. The van der Waals surface area contributed by atoms with Crippen molar-refractivity contribution in [3.8, 4) is 11.3 Å². The average molecular weight is 270 g/mol. The van der Waals surface area contributed by atoms with Crippen LogP contribution in [0.15, 0.2) is 29.1 Å². The van der Waals surface area contributed by atoms with Crippen molar-refractivity contribution in [1.29, 1.82) is 0 Å². The van der Waals surface area contributed by atoms with E-state index in [2.05, 4.69) is 19.2 Å². The van der Waals surface area contributed by atoms with E-state index in [0.29, 0.717) is 5.92 Å².